The Morgan fingerprint density at radius 2 is 1.85 bits per heavy atom. The number of anilines is 1. The van der Waals surface area contributed by atoms with Gasteiger partial charge in [0.15, 0.2) is 0 Å². The highest BCUT2D eigenvalue weighted by Gasteiger charge is 2.41. The largest absolute Gasteiger partial charge is 0.394 e. The first-order chi connectivity index (χ1) is 13.2. The summed E-state index contributed by atoms with van der Waals surface area (Å²) in [4.78, 5) is 26.2. The van der Waals surface area contributed by atoms with Crippen molar-refractivity contribution in [2.75, 3.05) is 31.7 Å². The Hall–Kier alpha value is -1.96. The second kappa shape index (κ2) is 7.96. The van der Waals surface area contributed by atoms with E-state index in [1.54, 1.807) is 4.90 Å². The summed E-state index contributed by atoms with van der Waals surface area (Å²) in [5.41, 5.74) is 1.65. The number of nitrogens with one attached hydrogen (secondary N) is 1. The second-order valence-electron chi connectivity index (χ2n) is 7.51. The van der Waals surface area contributed by atoms with Gasteiger partial charge in [-0.25, -0.2) is 0 Å². The Kier molecular flexibility index (Phi) is 5.43. The number of benzene rings is 1. The first-order valence-corrected chi connectivity index (χ1v) is 9.69. The Balaban J connectivity index is 1.49. The van der Waals surface area contributed by atoms with Gasteiger partial charge < -0.3 is 24.8 Å². The number of rotatable bonds is 5. The van der Waals surface area contributed by atoms with E-state index in [1.807, 2.05) is 24.3 Å². The molecule has 0 spiro atoms. The molecule has 2 amide bonds. The average Bonchev–Trinajstić information content (AvgIpc) is 3.54. The summed E-state index contributed by atoms with van der Waals surface area (Å²) < 4.78 is 11.2. The van der Waals surface area contributed by atoms with Crippen molar-refractivity contribution in [1.29, 1.82) is 0 Å². The molecule has 7 heteroatoms. The van der Waals surface area contributed by atoms with Gasteiger partial charge in [0.05, 0.1) is 12.6 Å². The fourth-order valence-corrected chi connectivity index (χ4v) is 3.96. The summed E-state index contributed by atoms with van der Waals surface area (Å²) in [6, 6.07) is 7.15. The minimum atomic E-state index is -0.416. The molecule has 0 unspecified atom stereocenters. The van der Waals surface area contributed by atoms with Crippen molar-refractivity contribution < 1.29 is 24.2 Å². The lowest BCUT2D eigenvalue weighted by atomic mass is 9.95. The van der Waals surface area contributed by atoms with E-state index < -0.39 is 6.04 Å². The van der Waals surface area contributed by atoms with Crippen molar-refractivity contribution in [3.8, 4) is 0 Å². The molecule has 1 aromatic carbocycles. The van der Waals surface area contributed by atoms with E-state index in [2.05, 4.69) is 5.32 Å². The van der Waals surface area contributed by atoms with Crippen molar-refractivity contribution in [2.24, 2.45) is 5.92 Å². The molecule has 0 bridgehead atoms. The number of carbonyl (C=O) groups is 2. The third-order valence-electron chi connectivity index (χ3n) is 5.61. The van der Waals surface area contributed by atoms with Gasteiger partial charge in [0.2, 0.25) is 11.8 Å². The van der Waals surface area contributed by atoms with Crippen molar-refractivity contribution in [3.63, 3.8) is 0 Å². The lowest BCUT2D eigenvalue weighted by molar-refractivity contribution is -0.168. The molecule has 4 rings (SSSR count). The van der Waals surface area contributed by atoms with Crippen LogP contribution in [-0.4, -0.2) is 60.3 Å². The summed E-state index contributed by atoms with van der Waals surface area (Å²) in [5.74, 6) is 0.149. The van der Waals surface area contributed by atoms with Gasteiger partial charge in [0, 0.05) is 30.9 Å². The normalized spacial score (nSPS) is 26.9. The van der Waals surface area contributed by atoms with Crippen molar-refractivity contribution in [1.82, 2.24) is 4.90 Å². The highest BCUT2D eigenvalue weighted by Crippen LogP contribution is 2.34. The van der Waals surface area contributed by atoms with Crippen LogP contribution in [0.2, 0.25) is 0 Å². The van der Waals surface area contributed by atoms with Crippen LogP contribution in [0.1, 0.15) is 37.4 Å². The van der Waals surface area contributed by atoms with Crippen LogP contribution < -0.4 is 5.32 Å². The molecule has 2 saturated heterocycles. The molecule has 2 atom stereocenters. The van der Waals surface area contributed by atoms with E-state index in [-0.39, 0.29) is 43.1 Å². The molecule has 1 aliphatic carbocycles. The number of morpholine rings is 1. The fraction of sp³-hybridized carbons (Fsp3) is 0.600. The zero-order valence-corrected chi connectivity index (χ0v) is 15.3. The number of amides is 2. The molecule has 2 N–H and O–H groups in total. The average molecular weight is 374 g/mol. The van der Waals surface area contributed by atoms with Gasteiger partial charge >= 0.3 is 0 Å². The Labute approximate surface area is 158 Å². The monoisotopic (exact) mass is 374 g/mol. The Bertz CT molecular complexity index is 682. The number of aliphatic hydroxyl groups excluding tert-OH is 1. The van der Waals surface area contributed by atoms with Crippen LogP contribution in [0.25, 0.3) is 0 Å². The highest BCUT2D eigenvalue weighted by molar-refractivity contribution is 5.94. The van der Waals surface area contributed by atoms with E-state index in [0.29, 0.717) is 13.2 Å². The smallest absolute Gasteiger partial charge is 0.249 e. The summed E-state index contributed by atoms with van der Waals surface area (Å²) in [6.07, 6.45) is 3.10. The molecule has 0 radical (unpaired) electrons. The number of aliphatic hydroxyl groups is 1. The molecular formula is C20H26N2O5. The van der Waals surface area contributed by atoms with Gasteiger partial charge in [0.1, 0.15) is 12.7 Å². The number of nitrogens with zero attached hydrogens (tertiary/aromatic N) is 1. The molecule has 2 heterocycles. The summed E-state index contributed by atoms with van der Waals surface area (Å²) >= 11 is 0. The molecular weight excluding hydrogens is 348 g/mol. The minimum Gasteiger partial charge on any atom is -0.394 e. The number of hydrogen-bond acceptors (Lipinski definition) is 5. The number of hydrogen-bond donors (Lipinski definition) is 2. The van der Waals surface area contributed by atoms with Crippen LogP contribution in [0.15, 0.2) is 24.3 Å². The van der Waals surface area contributed by atoms with Crippen molar-refractivity contribution in [2.45, 2.75) is 43.9 Å². The molecule has 7 nitrogen and oxygen atoms in total. The third kappa shape index (κ3) is 4.00. The van der Waals surface area contributed by atoms with Crippen LogP contribution >= 0.6 is 0 Å². The van der Waals surface area contributed by atoms with Crippen LogP contribution in [-0.2, 0) is 19.1 Å². The third-order valence-corrected chi connectivity index (χ3v) is 5.61. The molecule has 2 aliphatic heterocycles. The predicted molar refractivity (Wildman–Crippen MR) is 98.0 cm³/mol. The standard InChI is InChI=1S/C20H26N2O5/c23-11-17-19(27-12-18(24)22(17)16-7-9-26-10-8-16)13-3-5-15(6-4-13)21-20(25)14-1-2-14/h3-6,14,16-17,19,23H,1-2,7-12H2,(H,21,25)/t17-,19-/m1/s1. The van der Waals surface area contributed by atoms with Gasteiger partial charge in [-0.15, -0.1) is 0 Å². The van der Waals surface area contributed by atoms with Crippen LogP contribution in [0.4, 0.5) is 5.69 Å². The molecule has 3 fully saturated rings. The SMILES string of the molecule is O=C(Nc1ccc([C@H]2OCC(=O)N(C3CCOCC3)[C@@H]2CO)cc1)C1CC1. The minimum absolute atomic E-state index is 0.0126. The number of ether oxygens (including phenoxy) is 2. The summed E-state index contributed by atoms with van der Waals surface area (Å²) in [7, 11) is 0. The second-order valence-corrected chi connectivity index (χ2v) is 7.51. The zero-order valence-electron chi connectivity index (χ0n) is 15.3. The van der Waals surface area contributed by atoms with E-state index in [4.69, 9.17) is 9.47 Å². The quantitative estimate of drug-likeness (QED) is 0.815. The van der Waals surface area contributed by atoms with E-state index >= 15 is 0 Å². The molecule has 3 aliphatic rings. The molecule has 1 saturated carbocycles. The fourth-order valence-electron chi connectivity index (χ4n) is 3.96. The highest BCUT2D eigenvalue weighted by atomic mass is 16.5. The molecule has 0 aromatic heterocycles. The summed E-state index contributed by atoms with van der Waals surface area (Å²) in [5, 5.41) is 12.9. The van der Waals surface area contributed by atoms with Crippen molar-refractivity contribution in [3.05, 3.63) is 29.8 Å². The maximum atomic E-state index is 12.5. The van der Waals surface area contributed by atoms with Crippen molar-refractivity contribution >= 4 is 17.5 Å². The lowest BCUT2D eigenvalue weighted by Gasteiger charge is -2.45. The van der Waals surface area contributed by atoms with Crippen LogP contribution in [0.5, 0.6) is 0 Å². The molecule has 146 valence electrons. The first kappa shape index (κ1) is 18.4. The first-order valence-electron chi connectivity index (χ1n) is 9.69. The van der Waals surface area contributed by atoms with Gasteiger partial charge in [-0.05, 0) is 43.4 Å². The van der Waals surface area contributed by atoms with E-state index in [0.717, 1.165) is 36.9 Å². The van der Waals surface area contributed by atoms with Gasteiger partial charge in [0.25, 0.3) is 0 Å². The number of carbonyl (C=O) groups excluding carboxylic acids is 2. The molecule has 27 heavy (non-hydrogen) atoms. The van der Waals surface area contributed by atoms with Gasteiger partial charge in [-0.2, -0.15) is 0 Å². The summed E-state index contributed by atoms with van der Waals surface area (Å²) in [6.45, 7) is 1.12. The Morgan fingerprint density at radius 3 is 2.48 bits per heavy atom. The van der Waals surface area contributed by atoms with E-state index in [1.165, 1.54) is 0 Å². The zero-order chi connectivity index (χ0) is 18.8. The van der Waals surface area contributed by atoms with Crippen LogP contribution in [0.3, 0.4) is 0 Å². The lowest BCUT2D eigenvalue weighted by Crippen LogP contribution is -2.57. The Morgan fingerprint density at radius 1 is 1.15 bits per heavy atom. The van der Waals surface area contributed by atoms with E-state index in [9.17, 15) is 14.7 Å². The van der Waals surface area contributed by atoms with Crippen LogP contribution in [0, 0.1) is 5.92 Å². The van der Waals surface area contributed by atoms with Gasteiger partial charge in [-0.1, -0.05) is 12.1 Å². The van der Waals surface area contributed by atoms with Gasteiger partial charge in [-0.3, -0.25) is 9.59 Å². The maximum Gasteiger partial charge on any atom is 0.249 e. The maximum absolute atomic E-state index is 12.5. The predicted octanol–water partition coefficient (Wildman–Crippen LogP) is 1.47. The molecule has 1 aromatic rings. The topological polar surface area (TPSA) is 88.1 Å².